The predicted molar refractivity (Wildman–Crippen MR) is 123 cm³/mol. The SMILES string of the molecule is CCOC(=O)c1c(NC(=O)c2ccccc2)sc(C(=O)Nc2ccc(C)cc2C)c1C. The van der Waals surface area contributed by atoms with Crippen LogP contribution in [0.25, 0.3) is 0 Å². The van der Waals surface area contributed by atoms with Crippen molar-refractivity contribution in [1.82, 2.24) is 0 Å². The molecule has 0 aliphatic carbocycles. The van der Waals surface area contributed by atoms with Crippen LogP contribution in [0.2, 0.25) is 0 Å². The van der Waals surface area contributed by atoms with Crippen LogP contribution in [0.3, 0.4) is 0 Å². The molecule has 7 heteroatoms. The molecule has 160 valence electrons. The molecule has 0 fully saturated rings. The Morgan fingerprint density at radius 2 is 1.65 bits per heavy atom. The fourth-order valence-corrected chi connectivity index (χ4v) is 4.25. The van der Waals surface area contributed by atoms with Crippen molar-refractivity contribution in [2.24, 2.45) is 0 Å². The lowest BCUT2D eigenvalue weighted by Crippen LogP contribution is -2.15. The standard InChI is InChI=1S/C24H24N2O4S/c1-5-30-24(29)19-16(4)20(22(28)25-18-12-11-14(2)13-15(18)3)31-23(19)26-21(27)17-9-7-6-8-10-17/h6-13H,5H2,1-4H3,(H,25,28)(H,26,27). The molecule has 0 saturated carbocycles. The average molecular weight is 437 g/mol. The van der Waals surface area contributed by atoms with Gasteiger partial charge in [-0.1, -0.05) is 35.9 Å². The Balaban J connectivity index is 1.95. The second-order valence-electron chi connectivity index (χ2n) is 7.07. The Hall–Kier alpha value is -3.45. The molecule has 1 heterocycles. The smallest absolute Gasteiger partial charge is 0.341 e. The summed E-state index contributed by atoms with van der Waals surface area (Å²) in [6, 6.07) is 14.4. The normalized spacial score (nSPS) is 10.5. The Morgan fingerprint density at radius 3 is 2.29 bits per heavy atom. The van der Waals surface area contributed by atoms with Gasteiger partial charge in [-0.15, -0.1) is 11.3 Å². The minimum atomic E-state index is -0.579. The number of amides is 2. The summed E-state index contributed by atoms with van der Waals surface area (Å²) < 4.78 is 5.17. The maximum absolute atomic E-state index is 13.0. The van der Waals surface area contributed by atoms with Crippen LogP contribution in [0.15, 0.2) is 48.5 Å². The third-order valence-corrected chi connectivity index (χ3v) is 5.93. The van der Waals surface area contributed by atoms with E-state index in [2.05, 4.69) is 10.6 Å². The van der Waals surface area contributed by atoms with E-state index in [1.54, 1.807) is 38.1 Å². The topological polar surface area (TPSA) is 84.5 Å². The zero-order chi connectivity index (χ0) is 22.5. The summed E-state index contributed by atoms with van der Waals surface area (Å²) in [5.41, 5.74) is 3.83. The number of ether oxygens (including phenoxy) is 1. The number of rotatable bonds is 6. The van der Waals surface area contributed by atoms with E-state index in [0.29, 0.717) is 21.7 Å². The first-order chi connectivity index (χ1) is 14.8. The molecule has 2 N–H and O–H groups in total. The minimum absolute atomic E-state index is 0.185. The second kappa shape index (κ2) is 9.57. The first kappa shape index (κ1) is 22.2. The Bertz CT molecular complexity index is 1140. The van der Waals surface area contributed by atoms with E-state index in [1.165, 1.54) is 0 Å². The minimum Gasteiger partial charge on any atom is -0.462 e. The molecule has 2 aromatic carbocycles. The lowest BCUT2D eigenvalue weighted by Gasteiger charge is -2.09. The molecule has 0 unspecified atom stereocenters. The maximum Gasteiger partial charge on any atom is 0.341 e. The van der Waals surface area contributed by atoms with Crippen molar-refractivity contribution >= 4 is 39.8 Å². The number of benzene rings is 2. The fourth-order valence-electron chi connectivity index (χ4n) is 3.16. The number of nitrogens with one attached hydrogen (secondary N) is 2. The summed E-state index contributed by atoms with van der Waals surface area (Å²) in [4.78, 5) is 38.6. The number of hydrogen-bond donors (Lipinski definition) is 2. The van der Waals surface area contributed by atoms with Gasteiger partial charge in [0.15, 0.2) is 0 Å². The zero-order valence-electron chi connectivity index (χ0n) is 17.9. The molecule has 31 heavy (non-hydrogen) atoms. The molecule has 2 amide bonds. The zero-order valence-corrected chi connectivity index (χ0v) is 18.7. The number of thiophene rings is 1. The molecule has 0 aliphatic rings. The first-order valence-corrected chi connectivity index (χ1v) is 10.7. The second-order valence-corrected chi connectivity index (χ2v) is 8.09. The lowest BCUT2D eigenvalue weighted by molar-refractivity contribution is 0.0527. The summed E-state index contributed by atoms with van der Waals surface area (Å²) in [6.07, 6.45) is 0. The molecule has 0 aliphatic heterocycles. The largest absolute Gasteiger partial charge is 0.462 e. The molecule has 0 saturated heterocycles. The van der Waals surface area contributed by atoms with Crippen LogP contribution in [0.4, 0.5) is 10.7 Å². The van der Waals surface area contributed by atoms with E-state index in [1.807, 2.05) is 38.1 Å². The van der Waals surface area contributed by atoms with Gasteiger partial charge in [-0.05, 0) is 57.0 Å². The summed E-state index contributed by atoms with van der Waals surface area (Å²) in [5, 5.41) is 5.95. The Kier molecular flexibility index (Phi) is 6.87. The highest BCUT2D eigenvalue weighted by molar-refractivity contribution is 7.19. The molecule has 6 nitrogen and oxygen atoms in total. The quantitative estimate of drug-likeness (QED) is 0.510. The number of carbonyl (C=O) groups is 3. The highest BCUT2D eigenvalue weighted by atomic mass is 32.1. The van der Waals surface area contributed by atoms with E-state index in [4.69, 9.17) is 4.74 Å². The van der Waals surface area contributed by atoms with Gasteiger partial charge in [-0.2, -0.15) is 0 Å². The molecule has 0 atom stereocenters. The summed E-state index contributed by atoms with van der Waals surface area (Å²) in [6.45, 7) is 7.46. The van der Waals surface area contributed by atoms with Crippen molar-refractivity contribution in [3.05, 3.63) is 81.2 Å². The first-order valence-electron chi connectivity index (χ1n) is 9.87. The van der Waals surface area contributed by atoms with E-state index in [0.717, 1.165) is 22.5 Å². The molecule has 1 aromatic heterocycles. The third-order valence-electron chi connectivity index (χ3n) is 4.73. The number of esters is 1. The molecular formula is C24H24N2O4S. The van der Waals surface area contributed by atoms with Crippen LogP contribution in [0, 0.1) is 20.8 Å². The highest BCUT2D eigenvalue weighted by Crippen LogP contribution is 2.35. The average Bonchev–Trinajstić information content (AvgIpc) is 3.06. The van der Waals surface area contributed by atoms with E-state index < -0.39 is 5.97 Å². The molecular weight excluding hydrogens is 412 g/mol. The summed E-state index contributed by atoms with van der Waals surface area (Å²) in [7, 11) is 0. The molecule has 3 aromatic rings. The van der Waals surface area contributed by atoms with Crippen molar-refractivity contribution in [2.45, 2.75) is 27.7 Å². The van der Waals surface area contributed by atoms with Crippen LogP contribution < -0.4 is 10.6 Å². The van der Waals surface area contributed by atoms with Crippen molar-refractivity contribution < 1.29 is 19.1 Å². The lowest BCUT2D eigenvalue weighted by atomic mass is 10.1. The van der Waals surface area contributed by atoms with Crippen LogP contribution in [-0.4, -0.2) is 24.4 Å². The predicted octanol–water partition coefficient (Wildman–Crippen LogP) is 5.35. The molecule has 0 bridgehead atoms. The van der Waals surface area contributed by atoms with Crippen molar-refractivity contribution in [3.63, 3.8) is 0 Å². The number of carbonyl (C=O) groups excluding carboxylic acids is 3. The van der Waals surface area contributed by atoms with Crippen LogP contribution >= 0.6 is 11.3 Å². The number of aryl methyl sites for hydroxylation is 2. The van der Waals surface area contributed by atoms with Gasteiger partial charge in [-0.3, -0.25) is 9.59 Å². The van der Waals surface area contributed by atoms with Crippen molar-refractivity contribution in [3.8, 4) is 0 Å². The monoisotopic (exact) mass is 436 g/mol. The Morgan fingerprint density at radius 1 is 0.935 bits per heavy atom. The number of hydrogen-bond acceptors (Lipinski definition) is 5. The van der Waals surface area contributed by atoms with E-state index >= 15 is 0 Å². The van der Waals surface area contributed by atoms with Gasteiger partial charge in [-0.25, -0.2) is 4.79 Å². The van der Waals surface area contributed by atoms with Gasteiger partial charge >= 0.3 is 5.97 Å². The van der Waals surface area contributed by atoms with E-state index in [-0.39, 0.29) is 29.0 Å². The highest BCUT2D eigenvalue weighted by Gasteiger charge is 2.27. The van der Waals surface area contributed by atoms with Crippen LogP contribution in [-0.2, 0) is 4.74 Å². The third kappa shape index (κ3) is 5.00. The fraction of sp³-hybridized carbons (Fsp3) is 0.208. The molecule has 3 rings (SSSR count). The van der Waals surface area contributed by atoms with Gasteiger partial charge in [0.25, 0.3) is 11.8 Å². The van der Waals surface area contributed by atoms with Gasteiger partial charge < -0.3 is 15.4 Å². The van der Waals surface area contributed by atoms with Crippen molar-refractivity contribution in [2.75, 3.05) is 17.2 Å². The summed E-state index contributed by atoms with van der Waals surface area (Å²) >= 11 is 1.05. The van der Waals surface area contributed by atoms with Gasteiger partial charge in [0.05, 0.1) is 17.0 Å². The van der Waals surface area contributed by atoms with Gasteiger partial charge in [0, 0.05) is 11.3 Å². The van der Waals surface area contributed by atoms with Gasteiger partial charge in [0.1, 0.15) is 5.00 Å². The molecule has 0 radical (unpaired) electrons. The number of anilines is 2. The van der Waals surface area contributed by atoms with E-state index in [9.17, 15) is 14.4 Å². The van der Waals surface area contributed by atoms with Crippen molar-refractivity contribution in [1.29, 1.82) is 0 Å². The summed E-state index contributed by atoms with van der Waals surface area (Å²) in [5.74, 6) is -1.29. The Labute approximate surface area is 185 Å². The van der Waals surface area contributed by atoms with Crippen LogP contribution in [0.5, 0.6) is 0 Å². The van der Waals surface area contributed by atoms with Gasteiger partial charge in [0.2, 0.25) is 0 Å². The van der Waals surface area contributed by atoms with Crippen LogP contribution in [0.1, 0.15) is 54.0 Å². The maximum atomic E-state index is 13.0. The molecule has 0 spiro atoms.